The number of ether oxygens (including phenoxy) is 1. The van der Waals surface area contributed by atoms with Gasteiger partial charge in [-0.15, -0.1) is 0 Å². The van der Waals surface area contributed by atoms with Crippen molar-refractivity contribution in [1.82, 2.24) is 9.55 Å². The van der Waals surface area contributed by atoms with Gasteiger partial charge < -0.3 is 20.1 Å². The molecular weight excluding hydrogens is 310 g/mol. The summed E-state index contributed by atoms with van der Waals surface area (Å²) in [4.78, 5) is 4.06. The van der Waals surface area contributed by atoms with Crippen molar-refractivity contribution in [1.29, 1.82) is 5.26 Å². The number of nitriles is 1. The normalized spacial score (nSPS) is 30.4. The van der Waals surface area contributed by atoms with Crippen LogP contribution in [-0.2, 0) is 15.9 Å². The van der Waals surface area contributed by atoms with E-state index in [0.29, 0.717) is 28.8 Å². The fourth-order valence-electron chi connectivity index (χ4n) is 4.07. The van der Waals surface area contributed by atoms with Crippen molar-refractivity contribution in [2.24, 2.45) is 0 Å². The van der Waals surface area contributed by atoms with Crippen molar-refractivity contribution in [3.63, 3.8) is 0 Å². The van der Waals surface area contributed by atoms with Crippen LogP contribution in [0.15, 0.2) is 12.3 Å². The zero-order valence-electron chi connectivity index (χ0n) is 13.5. The molecule has 0 spiro atoms. The third-order valence-electron chi connectivity index (χ3n) is 5.23. The van der Waals surface area contributed by atoms with Gasteiger partial charge in [0.1, 0.15) is 17.4 Å². The zero-order chi connectivity index (χ0) is 17.4. The number of fused-ring (bicyclic) bond motifs is 5. The third-order valence-corrected chi connectivity index (χ3v) is 5.23. The second-order valence-corrected chi connectivity index (χ2v) is 6.86. The smallest absolute Gasteiger partial charge is 0.205 e. The van der Waals surface area contributed by atoms with Crippen molar-refractivity contribution in [2.75, 3.05) is 0 Å². The maximum Gasteiger partial charge on any atom is 0.205 e. The fraction of sp³-hybridized carbons (Fsp3) is 0.412. The zero-order valence-corrected chi connectivity index (χ0v) is 13.5. The van der Waals surface area contributed by atoms with Gasteiger partial charge in [0.05, 0.1) is 34.7 Å². The Morgan fingerprint density at radius 3 is 2.62 bits per heavy atom. The number of aliphatic hydroxyl groups is 1. The summed E-state index contributed by atoms with van der Waals surface area (Å²) >= 11 is 0. The predicted octanol–water partition coefficient (Wildman–Crippen LogP) is 1.69. The lowest BCUT2D eigenvalue weighted by Gasteiger charge is -2.25. The van der Waals surface area contributed by atoms with Gasteiger partial charge in [-0.1, -0.05) is 0 Å². The maximum absolute atomic E-state index is 10.7. The summed E-state index contributed by atoms with van der Waals surface area (Å²) in [6, 6.07) is 3.66. The Morgan fingerprint density at radius 2 is 2.00 bits per heavy atom. The Morgan fingerprint density at radius 1 is 1.33 bits per heavy atom. The van der Waals surface area contributed by atoms with Crippen LogP contribution in [-0.4, -0.2) is 31.0 Å². The van der Waals surface area contributed by atoms with Gasteiger partial charge in [-0.2, -0.15) is 5.26 Å². The van der Waals surface area contributed by atoms with E-state index in [0.717, 1.165) is 0 Å². The second-order valence-electron chi connectivity index (χ2n) is 6.86. The number of aryl methyl sites for hydroxylation is 1. The van der Waals surface area contributed by atoms with Crippen LogP contribution in [0.25, 0.3) is 5.69 Å². The quantitative estimate of drug-likeness (QED) is 0.735. The largest absolute Gasteiger partial charge is 0.494 e. The first-order chi connectivity index (χ1) is 11.2. The van der Waals surface area contributed by atoms with Gasteiger partial charge in [0.15, 0.2) is 0 Å². The highest BCUT2D eigenvalue weighted by atomic mass is 16.6. The van der Waals surface area contributed by atoms with Crippen LogP contribution in [0.3, 0.4) is 0 Å². The first-order valence-corrected chi connectivity index (χ1v) is 7.66. The number of hydrogen-bond donors (Lipinski definition) is 3. The van der Waals surface area contributed by atoms with E-state index in [4.69, 9.17) is 10.00 Å². The number of nitrogens with zero attached hydrogens (tertiary/aromatic N) is 3. The van der Waals surface area contributed by atoms with Crippen LogP contribution < -0.4 is 0 Å². The second kappa shape index (κ2) is 4.29. The fourth-order valence-corrected chi connectivity index (χ4v) is 4.07. The summed E-state index contributed by atoms with van der Waals surface area (Å²) in [5.41, 5.74) is 0.349. The van der Waals surface area contributed by atoms with Gasteiger partial charge in [-0.3, -0.25) is 0 Å². The van der Waals surface area contributed by atoms with Gasteiger partial charge in [-0.05, 0) is 32.4 Å². The van der Waals surface area contributed by atoms with E-state index in [9.17, 15) is 15.3 Å². The van der Waals surface area contributed by atoms with Gasteiger partial charge >= 0.3 is 0 Å². The molecule has 0 aliphatic carbocycles. The van der Waals surface area contributed by atoms with Crippen LogP contribution in [0.4, 0.5) is 0 Å². The van der Waals surface area contributed by atoms with Crippen LogP contribution in [0.5, 0.6) is 11.8 Å². The molecule has 1 saturated heterocycles. The molecule has 3 N–H and O–H groups in total. The van der Waals surface area contributed by atoms with E-state index >= 15 is 0 Å². The molecule has 0 amide bonds. The summed E-state index contributed by atoms with van der Waals surface area (Å²) in [6.07, 6.45) is 0.999. The highest BCUT2D eigenvalue weighted by Gasteiger charge is 2.64. The molecule has 2 aliphatic heterocycles. The minimum absolute atomic E-state index is 0.133. The maximum atomic E-state index is 10.7. The van der Waals surface area contributed by atoms with Gasteiger partial charge in [-0.25, -0.2) is 9.55 Å². The van der Waals surface area contributed by atoms with Gasteiger partial charge in [0, 0.05) is 6.42 Å². The Balaban J connectivity index is 1.98. The molecule has 0 aromatic carbocycles. The SMILES string of the molecule is Cc1cc(-n2c(O)c3c(c2O)C2(C)OC3(C)C[C@H]2O)cnc1C#N. The molecule has 4 rings (SSSR count). The molecule has 7 nitrogen and oxygen atoms in total. The van der Waals surface area contributed by atoms with E-state index in [1.165, 1.54) is 10.8 Å². The summed E-state index contributed by atoms with van der Waals surface area (Å²) < 4.78 is 7.22. The van der Waals surface area contributed by atoms with Crippen LogP contribution >= 0.6 is 0 Å². The van der Waals surface area contributed by atoms with Crippen LogP contribution in [0.2, 0.25) is 0 Å². The van der Waals surface area contributed by atoms with E-state index in [1.54, 1.807) is 26.8 Å². The molecule has 2 unspecified atom stereocenters. The van der Waals surface area contributed by atoms with E-state index in [1.807, 2.05) is 6.07 Å². The van der Waals surface area contributed by atoms with Crippen molar-refractivity contribution >= 4 is 0 Å². The summed E-state index contributed by atoms with van der Waals surface area (Å²) in [6.45, 7) is 5.24. The first-order valence-electron chi connectivity index (χ1n) is 7.66. The summed E-state index contributed by atoms with van der Waals surface area (Å²) in [5, 5.41) is 40.8. The topological polar surface area (TPSA) is 112 Å². The Kier molecular flexibility index (Phi) is 2.68. The minimum Gasteiger partial charge on any atom is -0.494 e. The lowest BCUT2D eigenvalue weighted by atomic mass is 9.78. The lowest BCUT2D eigenvalue weighted by molar-refractivity contribution is -0.0936. The molecule has 124 valence electrons. The molecule has 4 heterocycles. The van der Waals surface area contributed by atoms with Crippen molar-refractivity contribution in [2.45, 2.75) is 44.5 Å². The van der Waals surface area contributed by atoms with Gasteiger partial charge in [0.2, 0.25) is 11.8 Å². The molecule has 2 aromatic rings. The standard InChI is InChI=1S/C17H17N3O4/c1-8-4-9(7-19-10(8)6-18)20-14(22)12-13(15(20)23)17(3)11(21)5-16(12,2)24-17/h4,7,11,21-23H,5H2,1-3H3/t11-,16?,17?/m1/s1. The van der Waals surface area contributed by atoms with Gasteiger partial charge in [0.25, 0.3) is 0 Å². The average Bonchev–Trinajstić information content (AvgIpc) is 3.01. The lowest BCUT2D eigenvalue weighted by Crippen LogP contribution is -2.32. The molecule has 0 radical (unpaired) electrons. The summed E-state index contributed by atoms with van der Waals surface area (Å²) in [7, 11) is 0. The number of aromatic nitrogens is 2. The Labute approximate surface area is 138 Å². The highest BCUT2D eigenvalue weighted by molar-refractivity contribution is 5.61. The molecule has 7 heteroatoms. The Bertz CT molecular complexity index is 929. The van der Waals surface area contributed by atoms with Crippen molar-refractivity contribution in [3.8, 4) is 23.5 Å². The van der Waals surface area contributed by atoms with E-state index in [2.05, 4.69) is 4.98 Å². The number of aliphatic hydroxyl groups excluding tert-OH is 1. The molecular formula is C17H17N3O4. The first kappa shape index (κ1) is 15.0. The number of pyridine rings is 1. The number of rotatable bonds is 1. The Hall–Kier alpha value is -2.56. The van der Waals surface area contributed by atoms with Crippen LogP contribution in [0.1, 0.15) is 42.7 Å². The highest BCUT2D eigenvalue weighted by Crippen LogP contribution is 2.64. The molecule has 1 fully saturated rings. The number of aromatic hydroxyl groups is 2. The molecule has 2 aliphatic rings. The van der Waals surface area contributed by atoms with Crippen molar-refractivity contribution in [3.05, 3.63) is 34.6 Å². The van der Waals surface area contributed by atoms with E-state index in [-0.39, 0.29) is 17.5 Å². The van der Waals surface area contributed by atoms with E-state index < -0.39 is 17.3 Å². The molecule has 24 heavy (non-hydrogen) atoms. The predicted molar refractivity (Wildman–Crippen MR) is 82.8 cm³/mol. The minimum atomic E-state index is -1.06. The molecule has 0 saturated carbocycles. The third kappa shape index (κ3) is 1.54. The monoisotopic (exact) mass is 327 g/mol. The molecule has 2 aromatic heterocycles. The van der Waals surface area contributed by atoms with Crippen LogP contribution in [0, 0.1) is 18.3 Å². The molecule has 2 bridgehead atoms. The average molecular weight is 327 g/mol. The summed E-state index contributed by atoms with van der Waals surface area (Å²) in [5.74, 6) is -0.315. The number of hydrogen-bond acceptors (Lipinski definition) is 6. The molecule has 3 atom stereocenters. The van der Waals surface area contributed by atoms with Crippen molar-refractivity contribution < 1.29 is 20.1 Å².